The van der Waals surface area contributed by atoms with Gasteiger partial charge in [-0.3, -0.25) is 0 Å². The Hall–Kier alpha value is -0.350. The zero-order valence-corrected chi connectivity index (χ0v) is 13.4. The van der Waals surface area contributed by atoms with Crippen molar-refractivity contribution < 1.29 is 5.11 Å². The molecule has 0 radical (unpaired) electrons. The normalized spacial score (nSPS) is 20.1. The molecule has 2 unspecified atom stereocenters. The van der Waals surface area contributed by atoms with Crippen molar-refractivity contribution in [2.24, 2.45) is 5.92 Å². The molecule has 0 spiro atoms. The lowest BCUT2D eigenvalue weighted by Gasteiger charge is -2.28. The Morgan fingerprint density at radius 3 is 2.74 bits per heavy atom. The second kappa shape index (κ2) is 5.57. The van der Waals surface area contributed by atoms with Crippen LogP contribution in [0.1, 0.15) is 28.5 Å². The molecule has 2 atom stereocenters. The Morgan fingerprint density at radius 1 is 1.32 bits per heavy atom. The first kappa shape index (κ1) is 13.6. The number of rotatable bonds is 2. The molecule has 0 saturated carbocycles. The van der Waals surface area contributed by atoms with Crippen molar-refractivity contribution in [3.63, 3.8) is 0 Å². The van der Waals surface area contributed by atoms with E-state index >= 15 is 0 Å². The maximum absolute atomic E-state index is 10.5. The molecule has 1 N–H and O–H groups in total. The SMILES string of the molecule is OC(c1cc(Cl)c(Br)s1)C1CCc2ccccc2C1. The van der Waals surface area contributed by atoms with Crippen LogP contribution >= 0.6 is 38.9 Å². The number of aliphatic hydroxyl groups is 1. The van der Waals surface area contributed by atoms with Gasteiger partial charge < -0.3 is 5.11 Å². The number of aryl methyl sites for hydroxylation is 1. The smallest absolute Gasteiger partial charge is 0.0914 e. The van der Waals surface area contributed by atoms with Crippen LogP contribution in [0.15, 0.2) is 34.1 Å². The second-order valence-corrected chi connectivity index (χ2v) is 7.80. The predicted octanol–water partition coefficient (Wildman–Crippen LogP) is 5.00. The number of halogens is 2. The minimum atomic E-state index is -0.415. The molecule has 1 aromatic carbocycles. The molecular formula is C15H14BrClOS. The van der Waals surface area contributed by atoms with E-state index < -0.39 is 6.10 Å². The average Bonchev–Trinajstić information content (AvgIpc) is 2.77. The first-order chi connectivity index (χ1) is 9.15. The van der Waals surface area contributed by atoms with E-state index in [9.17, 15) is 5.11 Å². The molecule has 0 amide bonds. The van der Waals surface area contributed by atoms with Gasteiger partial charge in [-0.25, -0.2) is 0 Å². The number of benzene rings is 1. The van der Waals surface area contributed by atoms with Crippen LogP contribution in [0.5, 0.6) is 0 Å². The summed E-state index contributed by atoms with van der Waals surface area (Å²) >= 11 is 11.0. The molecule has 1 aliphatic carbocycles. The van der Waals surface area contributed by atoms with Crippen LogP contribution in [0.2, 0.25) is 5.02 Å². The Bertz CT molecular complexity index is 576. The topological polar surface area (TPSA) is 20.2 Å². The summed E-state index contributed by atoms with van der Waals surface area (Å²) in [7, 11) is 0. The quantitative estimate of drug-likeness (QED) is 0.801. The lowest BCUT2D eigenvalue weighted by Crippen LogP contribution is -2.20. The van der Waals surface area contributed by atoms with Gasteiger partial charge >= 0.3 is 0 Å². The highest BCUT2D eigenvalue weighted by Crippen LogP contribution is 2.40. The zero-order chi connectivity index (χ0) is 13.4. The van der Waals surface area contributed by atoms with Gasteiger partial charge in [0.05, 0.1) is 14.9 Å². The molecule has 1 nitrogen and oxygen atoms in total. The molecule has 1 aromatic heterocycles. The van der Waals surface area contributed by atoms with E-state index in [1.807, 2.05) is 6.07 Å². The van der Waals surface area contributed by atoms with Crippen LogP contribution in [0.3, 0.4) is 0 Å². The molecule has 0 saturated heterocycles. The summed E-state index contributed by atoms with van der Waals surface area (Å²) in [6, 6.07) is 10.4. The summed E-state index contributed by atoms with van der Waals surface area (Å²) in [6.45, 7) is 0. The Kier molecular flexibility index (Phi) is 3.99. The molecule has 3 rings (SSSR count). The molecule has 1 aliphatic rings. The zero-order valence-electron chi connectivity index (χ0n) is 10.3. The fourth-order valence-electron chi connectivity index (χ4n) is 2.74. The highest BCUT2D eigenvalue weighted by atomic mass is 79.9. The molecule has 1 heterocycles. The largest absolute Gasteiger partial charge is 0.387 e. The van der Waals surface area contributed by atoms with E-state index in [1.54, 1.807) is 0 Å². The Labute approximate surface area is 130 Å². The van der Waals surface area contributed by atoms with Crippen molar-refractivity contribution in [1.29, 1.82) is 0 Å². The highest BCUT2D eigenvalue weighted by molar-refractivity contribution is 9.11. The first-order valence-corrected chi connectivity index (χ1v) is 8.33. The van der Waals surface area contributed by atoms with Gasteiger partial charge in [0, 0.05) is 4.88 Å². The summed E-state index contributed by atoms with van der Waals surface area (Å²) in [5, 5.41) is 11.2. The molecule has 0 bridgehead atoms. The third-order valence-corrected chi connectivity index (χ3v) is 6.33. The van der Waals surface area contributed by atoms with Crippen molar-refractivity contribution in [1.82, 2.24) is 0 Å². The number of hydrogen-bond acceptors (Lipinski definition) is 2. The first-order valence-electron chi connectivity index (χ1n) is 6.34. The summed E-state index contributed by atoms with van der Waals surface area (Å²) in [5.74, 6) is 0.288. The van der Waals surface area contributed by atoms with Crippen LogP contribution in [0.4, 0.5) is 0 Å². The highest BCUT2D eigenvalue weighted by Gasteiger charge is 2.27. The number of hydrogen-bond donors (Lipinski definition) is 1. The fraction of sp³-hybridized carbons (Fsp3) is 0.333. The Balaban J connectivity index is 1.81. The van der Waals surface area contributed by atoms with Crippen LogP contribution in [0, 0.1) is 5.92 Å². The van der Waals surface area contributed by atoms with Crippen molar-refractivity contribution in [2.45, 2.75) is 25.4 Å². The number of aliphatic hydroxyl groups excluding tert-OH is 1. The van der Waals surface area contributed by atoms with Gasteiger partial charge in [0.25, 0.3) is 0 Å². The van der Waals surface area contributed by atoms with Gasteiger partial charge in [-0.2, -0.15) is 0 Å². The molecule has 2 aromatic rings. The van der Waals surface area contributed by atoms with Crippen LogP contribution in [0.25, 0.3) is 0 Å². The fourth-order valence-corrected chi connectivity index (χ4v) is 4.56. The predicted molar refractivity (Wildman–Crippen MR) is 83.9 cm³/mol. The maximum Gasteiger partial charge on any atom is 0.0914 e. The van der Waals surface area contributed by atoms with Crippen LogP contribution < -0.4 is 0 Å². The van der Waals surface area contributed by atoms with Crippen molar-refractivity contribution in [3.8, 4) is 0 Å². The second-order valence-electron chi connectivity index (χ2n) is 4.99. The van der Waals surface area contributed by atoms with Crippen LogP contribution in [-0.2, 0) is 12.8 Å². The van der Waals surface area contributed by atoms with E-state index in [1.165, 1.54) is 22.5 Å². The summed E-state index contributed by atoms with van der Waals surface area (Å²) in [5.41, 5.74) is 2.80. The van der Waals surface area contributed by atoms with Gasteiger partial charge in [0.2, 0.25) is 0 Å². The van der Waals surface area contributed by atoms with E-state index in [0.717, 1.165) is 27.9 Å². The van der Waals surface area contributed by atoms with Crippen molar-refractivity contribution in [2.75, 3.05) is 0 Å². The minimum Gasteiger partial charge on any atom is -0.387 e. The van der Waals surface area contributed by atoms with Gasteiger partial charge in [-0.05, 0) is 58.3 Å². The monoisotopic (exact) mass is 356 g/mol. The average molecular weight is 358 g/mol. The van der Waals surface area contributed by atoms with Gasteiger partial charge in [-0.15, -0.1) is 11.3 Å². The standard InChI is InChI=1S/C15H14BrClOS/c16-15-12(17)8-13(19-15)14(18)11-6-5-9-3-1-2-4-10(9)7-11/h1-4,8,11,14,18H,5-7H2. The van der Waals surface area contributed by atoms with E-state index in [-0.39, 0.29) is 5.92 Å². The summed E-state index contributed by atoms with van der Waals surface area (Å²) in [4.78, 5) is 0.959. The lowest BCUT2D eigenvalue weighted by molar-refractivity contribution is 0.103. The Morgan fingerprint density at radius 2 is 2.05 bits per heavy atom. The number of fused-ring (bicyclic) bond motifs is 1. The van der Waals surface area contributed by atoms with Crippen molar-refractivity contribution >= 4 is 38.9 Å². The van der Waals surface area contributed by atoms with E-state index in [0.29, 0.717) is 5.02 Å². The van der Waals surface area contributed by atoms with Crippen molar-refractivity contribution in [3.05, 3.63) is 55.1 Å². The lowest BCUT2D eigenvalue weighted by atomic mass is 9.81. The molecule has 19 heavy (non-hydrogen) atoms. The summed E-state index contributed by atoms with van der Waals surface area (Å²) < 4.78 is 0.902. The third-order valence-electron chi connectivity index (χ3n) is 3.79. The maximum atomic E-state index is 10.5. The van der Waals surface area contributed by atoms with Crippen LogP contribution in [-0.4, -0.2) is 5.11 Å². The van der Waals surface area contributed by atoms with E-state index in [2.05, 4.69) is 40.2 Å². The molecule has 4 heteroatoms. The van der Waals surface area contributed by atoms with Gasteiger partial charge in [-0.1, -0.05) is 35.9 Å². The van der Waals surface area contributed by atoms with E-state index in [4.69, 9.17) is 11.6 Å². The molecular weight excluding hydrogens is 344 g/mol. The van der Waals surface area contributed by atoms with Gasteiger partial charge in [0.1, 0.15) is 0 Å². The molecule has 100 valence electrons. The molecule has 0 fully saturated rings. The minimum absolute atomic E-state index is 0.288. The summed E-state index contributed by atoms with van der Waals surface area (Å²) in [6.07, 6.45) is 2.62. The molecule has 0 aliphatic heterocycles. The number of thiophene rings is 1. The van der Waals surface area contributed by atoms with Gasteiger partial charge in [0.15, 0.2) is 0 Å². The third kappa shape index (κ3) is 2.75.